The molecule has 0 aliphatic carbocycles. The highest BCUT2D eigenvalue weighted by Crippen LogP contribution is 2.30. The van der Waals surface area contributed by atoms with Crippen LogP contribution < -0.4 is 5.32 Å². The molecule has 0 saturated carbocycles. The van der Waals surface area contributed by atoms with Gasteiger partial charge in [0.2, 0.25) is 17.5 Å². The Balaban J connectivity index is 2.47. The molecular formula is C12H12F2N4O3. The molecule has 2 aromatic rings. The molecule has 2 rings (SSSR count). The Morgan fingerprint density at radius 1 is 1.48 bits per heavy atom. The van der Waals surface area contributed by atoms with Crippen LogP contribution in [0.25, 0.3) is 11.4 Å². The van der Waals surface area contributed by atoms with E-state index < -0.39 is 27.8 Å². The number of rotatable bonds is 5. The van der Waals surface area contributed by atoms with E-state index >= 15 is 0 Å². The Hall–Kier alpha value is -2.42. The first-order chi connectivity index (χ1) is 9.95. The number of nitrogens with one attached hydrogen (secondary N) is 1. The summed E-state index contributed by atoms with van der Waals surface area (Å²) in [6, 6.07) is 1.23. The Morgan fingerprint density at radius 2 is 2.19 bits per heavy atom. The van der Waals surface area contributed by atoms with Gasteiger partial charge in [-0.05, 0) is 19.5 Å². The Morgan fingerprint density at radius 3 is 2.81 bits per heavy atom. The molecule has 0 fully saturated rings. The molecule has 0 aliphatic heterocycles. The molecule has 7 nitrogen and oxygen atoms in total. The minimum Gasteiger partial charge on any atom is -0.337 e. The van der Waals surface area contributed by atoms with E-state index in [1.807, 2.05) is 6.92 Å². The van der Waals surface area contributed by atoms with Crippen molar-refractivity contribution in [2.24, 2.45) is 0 Å². The Bertz CT molecular complexity index is 675. The summed E-state index contributed by atoms with van der Waals surface area (Å²) < 4.78 is 32.7. The third-order valence-corrected chi connectivity index (χ3v) is 2.81. The zero-order chi connectivity index (χ0) is 15.6. The predicted molar refractivity (Wildman–Crippen MR) is 68.4 cm³/mol. The van der Waals surface area contributed by atoms with E-state index in [-0.39, 0.29) is 17.8 Å². The van der Waals surface area contributed by atoms with Crippen LogP contribution in [-0.2, 0) is 0 Å². The van der Waals surface area contributed by atoms with Gasteiger partial charge in [0.05, 0.1) is 11.0 Å². The maximum Gasteiger partial charge on any atom is 0.305 e. The molecule has 1 N–H and O–H groups in total. The highest BCUT2D eigenvalue weighted by molar-refractivity contribution is 5.61. The van der Waals surface area contributed by atoms with E-state index in [1.165, 1.54) is 0 Å². The van der Waals surface area contributed by atoms with Gasteiger partial charge in [-0.3, -0.25) is 10.1 Å². The first-order valence-electron chi connectivity index (χ1n) is 6.15. The molecule has 0 saturated heterocycles. The monoisotopic (exact) mass is 298 g/mol. The van der Waals surface area contributed by atoms with Gasteiger partial charge in [0, 0.05) is 6.07 Å². The summed E-state index contributed by atoms with van der Waals surface area (Å²) in [5, 5.41) is 17.2. The number of hydrogen-bond acceptors (Lipinski definition) is 6. The molecule has 112 valence electrons. The first-order valence-corrected chi connectivity index (χ1v) is 6.15. The van der Waals surface area contributed by atoms with Crippen molar-refractivity contribution in [2.45, 2.75) is 19.9 Å². The molecule has 21 heavy (non-hydrogen) atoms. The van der Waals surface area contributed by atoms with Gasteiger partial charge in [-0.2, -0.15) is 9.37 Å². The van der Waals surface area contributed by atoms with Crippen LogP contribution in [0.3, 0.4) is 0 Å². The summed E-state index contributed by atoms with van der Waals surface area (Å²) in [6.45, 7) is 4.24. The average molecular weight is 298 g/mol. The second-order valence-electron chi connectivity index (χ2n) is 4.25. The summed E-state index contributed by atoms with van der Waals surface area (Å²) >= 11 is 0. The lowest BCUT2D eigenvalue weighted by atomic mass is 10.1. The topological polar surface area (TPSA) is 94.1 Å². The zero-order valence-electron chi connectivity index (χ0n) is 11.3. The van der Waals surface area contributed by atoms with Crippen LogP contribution in [0.2, 0.25) is 0 Å². The Labute approximate surface area is 118 Å². The summed E-state index contributed by atoms with van der Waals surface area (Å²) in [4.78, 5) is 13.6. The zero-order valence-corrected chi connectivity index (χ0v) is 11.3. The number of nitro groups is 1. The maximum atomic E-state index is 14.0. The first kappa shape index (κ1) is 15.0. The van der Waals surface area contributed by atoms with Crippen molar-refractivity contribution >= 4 is 5.69 Å². The second-order valence-corrected chi connectivity index (χ2v) is 4.25. The van der Waals surface area contributed by atoms with Gasteiger partial charge in [-0.25, -0.2) is 4.39 Å². The molecule has 0 amide bonds. The predicted octanol–water partition coefficient (Wildman–Crippen LogP) is 2.59. The van der Waals surface area contributed by atoms with Crippen molar-refractivity contribution < 1.29 is 18.2 Å². The number of nitrogens with zero attached hydrogens (tertiary/aromatic N) is 3. The molecule has 9 heteroatoms. The lowest BCUT2D eigenvalue weighted by Gasteiger charge is -2.05. The summed E-state index contributed by atoms with van der Waals surface area (Å²) in [7, 11) is 0. The lowest BCUT2D eigenvalue weighted by molar-refractivity contribution is -0.387. The quantitative estimate of drug-likeness (QED) is 0.673. The number of nitro benzene ring substituents is 1. The molecule has 1 unspecified atom stereocenters. The van der Waals surface area contributed by atoms with Crippen LogP contribution in [0.15, 0.2) is 16.7 Å². The van der Waals surface area contributed by atoms with E-state index in [9.17, 15) is 18.9 Å². The molecule has 0 bridgehead atoms. The number of benzene rings is 1. The molecule has 1 heterocycles. The minimum absolute atomic E-state index is 0.136. The van der Waals surface area contributed by atoms with Crippen LogP contribution in [0.5, 0.6) is 0 Å². The van der Waals surface area contributed by atoms with E-state index in [2.05, 4.69) is 15.5 Å². The standard InChI is InChI=1S/C12H12F2N4O3/c1-3-15-6(2)12-16-11(17-21-12)9-7(13)4-5-8(10(9)14)18(19)20/h4-6,15H,3H2,1-2H3. The molecule has 1 aromatic carbocycles. The normalized spacial score (nSPS) is 12.4. The van der Waals surface area contributed by atoms with Crippen LogP contribution in [0.4, 0.5) is 14.5 Å². The molecule has 1 aromatic heterocycles. The molecule has 0 radical (unpaired) electrons. The maximum absolute atomic E-state index is 14.0. The number of hydrogen-bond donors (Lipinski definition) is 1. The number of aromatic nitrogens is 2. The minimum atomic E-state index is -1.33. The van der Waals surface area contributed by atoms with E-state index in [0.717, 1.165) is 12.1 Å². The van der Waals surface area contributed by atoms with Crippen molar-refractivity contribution in [3.05, 3.63) is 39.8 Å². The van der Waals surface area contributed by atoms with Crippen molar-refractivity contribution in [1.82, 2.24) is 15.5 Å². The summed E-state index contributed by atoms with van der Waals surface area (Å²) in [5.74, 6) is -2.56. The molecule has 0 aliphatic rings. The van der Waals surface area contributed by atoms with Gasteiger partial charge in [0.1, 0.15) is 11.4 Å². The fourth-order valence-electron chi connectivity index (χ4n) is 1.79. The molecular weight excluding hydrogens is 286 g/mol. The molecule has 1 atom stereocenters. The highest BCUT2D eigenvalue weighted by atomic mass is 19.1. The summed E-state index contributed by atoms with van der Waals surface area (Å²) in [6.07, 6.45) is 0. The lowest BCUT2D eigenvalue weighted by Crippen LogP contribution is -2.17. The van der Waals surface area contributed by atoms with Crippen molar-refractivity contribution in [3.8, 4) is 11.4 Å². The van der Waals surface area contributed by atoms with E-state index in [0.29, 0.717) is 6.54 Å². The van der Waals surface area contributed by atoms with E-state index in [1.54, 1.807) is 6.92 Å². The van der Waals surface area contributed by atoms with Crippen molar-refractivity contribution in [2.75, 3.05) is 6.54 Å². The fraction of sp³-hybridized carbons (Fsp3) is 0.333. The van der Waals surface area contributed by atoms with Crippen LogP contribution in [0, 0.1) is 21.7 Å². The largest absolute Gasteiger partial charge is 0.337 e. The second kappa shape index (κ2) is 5.92. The van der Waals surface area contributed by atoms with Crippen molar-refractivity contribution in [3.63, 3.8) is 0 Å². The average Bonchev–Trinajstić information content (AvgIpc) is 2.88. The fourth-order valence-corrected chi connectivity index (χ4v) is 1.79. The van der Waals surface area contributed by atoms with Gasteiger partial charge in [-0.15, -0.1) is 0 Å². The molecule has 0 spiro atoms. The summed E-state index contributed by atoms with van der Waals surface area (Å²) in [5.41, 5.74) is -1.53. The third-order valence-electron chi connectivity index (χ3n) is 2.81. The highest BCUT2D eigenvalue weighted by Gasteiger charge is 2.26. The third kappa shape index (κ3) is 2.87. The van der Waals surface area contributed by atoms with Crippen LogP contribution in [-0.4, -0.2) is 21.6 Å². The van der Waals surface area contributed by atoms with Gasteiger partial charge in [0.15, 0.2) is 0 Å². The van der Waals surface area contributed by atoms with Gasteiger partial charge in [0.25, 0.3) is 0 Å². The van der Waals surface area contributed by atoms with E-state index in [4.69, 9.17) is 4.52 Å². The van der Waals surface area contributed by atoms with Crippen LogP contribution in [0.1, 0.15) is 25.8 Å². The SMILES string of the molecule is CCNC(C)c1nc(-c2c(F)ccc([N+](=O)[O-])c2F)no1. The van der Waals surface area contributed by atoms with Gasteiger partial charge < -0.3 is 9.84 Å². The number of halogens is 2. The van der Waals surface area contributed by atoms with Gasteiger partial charge >= 0.3 is 5.69 Å². The van der Waals surface area contributed by atoms with Crippen molar-refractivity contribution in [1.29, 1.82) is 0 Å². The smallest absolute Gasteiger partial charge is 0.305 e. The van der Waals surface area contributed by atoms with Crippen LogP contribution >= 0.6 is 0 Å². The Kier molecular flexibility index (Phi) is 4.22. The van der Waals surface area contributed by atoms with Gasteiger partial charge in [-0.1, -0.05) is 12.1 Å².